The van der Waals surface area contributed by atoms with Gasteiger partial charge in [0, 0.05) is 18.2 Å². The van der Waals surface area contributed by atoms with Gasteiger partial charge in [0.2, 0.25) is 0 Å². The van der Waals surface area contributed by atoms with Gasteiger partial charge in [-0.15, -0.1) is 0 Å². The molecule has 0 aliphatic carbocycles. The van der Waals surface area contributed by atoms with E-state index in [4.69, 9.17) is 15.2 Å². The molecule has 0 heterocycles. The van der Waals surface area contributed by atoms with Crippen LogP contribution in [0.2, 0.25) is 0 Å². The second kappa shape index (κ2) is 4.69. The molecule has 1 aromatic rings. The van der Waals surface area contributed by atoms with Crippen LogP contribution in [0.4, 0.5) is 10.1 Å². The van der Waals surface area contributed by atoms with Gasteiger partial charge in [0.25, 0.3) is 0 Å². The Bertz CT molecular complexity index is 315. The Balaban J connectivity index is 3.09. The molecule has 0 spiro atoms. The number of nitrogen functional groups attached to an aromatic ring is 1. The first-order valence-electron chi connectivity index (χ1n) is 4.29. The number of rotatable bonds is 4. The maximum atomic E-state index is 12.1. The molecule has 3 nitrogen and oxygen atoms in total. The first kappa shape index (κ1) is 10.6. The van der Waals surface area contributed by atoms with Gasteiger partial charge in [-0.25, -0.2) is 0 Å². The number of halogens is 1. The first-order chi connectivity index (χ1) is 6.72. The minimum absolute atomic E-state index is 0.298. The molecule has 0 atom stereocenters. The van der Waals surface area contributed by atoms with Gasteiger partial charge >= 0.3 is 0 Å². The minimum Gasteiger partial charge on any atom is -0.493 e. The molecule has 0 fully saturated rings. The molecule has 0 radical (unpaired) electrons. The van der Waals surface area contributed by atoms with Crippen LogP contribution in [0.5, 0.6) is 11.5 Å². The lowest BCUT2D eigenvalue weighted by Crippen LogP contribution is -1.99. The summed E-state index contributed by atoms with van der Waals surface area (Å²) in [6.07, 6.45) is 0.298. The van der Waals surface area contributed by atoms with Crippen LogP contribution in [-0.4, -0.2) is 20.9 Å². The lowest BCUT2D eigenvalue weighted by molar-refractivity contribution is 0.354. The van der Waals surface area contributed by atoms with Gasteiger partial charge in [-0.3, -0.25) is 4.39 Å². The number of hydrogen-bond acceptors (Lipinski definition) is 3. The van der Waals surface area contributed by atoms with Crippen molar-refractivity contribution in [2.75, 3.05) is 26.6 Å². The number of methoxy groups -OCH3 is 2. The van der Waals surface area contributed by atoms with Gasteiger partial charge in [-0.2, -0.15) is 0 Å². The number of nitrogens with two attached hydrogens (primary N) is 1. The molecule has 1 rings (SSSR count). The van der Waals surface area contributed by atoms with Crippen molar-refractivity contribution in [3.05, 3.63) is 17.7 Å². The maximum Gasteiger partial charge on any atom is 0.162 e. The largest absolute Gasteiger partial charge is 0.493 e. The van der Waals surface area contributed by atoms with Crippen LogP contribution >= 0.6 is 0 Å². The second-order valence-electron chi connectivity index (χ2n) is 2.84. The zero-order valence-corrected chi connectivity index (χ0v) is 8.34. The minimum atomic E-state index is -0.431. The molecule has 0 aliphatic rings. The highest BCUT2D eigenvalue weighted by Crippen LogP contribution is 2.31. The zero-order chi connectivity index (χ0) is 10.6. The van der Waals surface area contributed by atoms with Crippen LogP contribution in [0.1, 0.15) is 5.56 Å². The molecular weight excluding hydrogens is 185 g/mol. The Labute approximate surface area is 82.6 Å². The number of hydrogen-bond donors (Lipinski definition) is 1. The standard InChI is InChI=1S/C10H14FNO2/c1-13-9-5-7(3-4-11)8(12)6-10(9)14-2/h5-6H,3-4,12H2,1-2H3. The predicted octanol–water partition coefficient (Wildman–Crippen LogP) is 1.80. The monoisotopic (exact) mass is 199 g/mol. The van der Waals surface area contributed by atoms with E-state index in [1.165, 1.54) is 14.2 Å². The van der Waals surface area contributed by atoms with Crippen molar-refractivity contribution in [3.63, 3.8) is 0 Å². The van der Waals surface area contributed by atoms with Gasteiger partial charge in [0.05, 0.1) is 20.9 Å². The molecule has 14 heavy (non-hydrogen) atoms. The third-order valence-corrected chi connectivity index (χ3v) is 2.01. The molecule has 0 amide bonds. The summed E-state index contributed by atoms with van der Waals surface area (Å²) >= 11 is 0. The fourth-order valence-corrected chi connectivity index (χ4v) is 1.26. The summed E-state index contributed by atoms with van der Waals surface area (Å²) in [5, 5.41) is 0. The van der Waals surface area contributed by atoms with Crippen LogP contribution in [0.3, 0.4) is 0 Å². The normalized spacial score (nSPS) is 9.93. The summed E-state index contributed by atoms with van der Waals surface area (Å²) in [7, 11) is 3.07. The summed E-state index contributed by atoms with van der Waals surface area (Å²) in [6, 6.07) is 3.34. The average molecular weight is 199 g/mol. The van der Waals surface area contributed by atoms with Gasteiger partial charge < -0.3 is 15.2 Å². The van der Waals surface area contributed by atoms with E-state index < -0.39 is 6.67 Å². The van der Waals surface area contributed by atoms with Crippen LogP contribution in [-0.2, 0) is 6.42 Å². The molecule has 0 saturated carbocycles. The zero-order valence-electron chi connectivity index (χ0n) is 8.34. The molecular formula is C10H14FNO2. The second-order valence-corrected chi connectivity index (χ2v) is 2.84. The van der Waals surface area contributed by atoms with Crippen molar-refractivity contribution in [3.8, 4) is 11.5 Å². The molecule has 0 bridgehead atoms. The summed E-state index contributed by atoms with van der Waals surface area (Å²) in [5.74, 6) is 1.14. The predicted molar refractivity (Wildman–Crippen MR) is 53.6 cm³/mol. The van der Waals surface area contributed by atoms with Crippen LogP contribution in [0.15, 0.2) is 12.1 Å². The highest BCUT2D eigenvalue weighted by Gasteiger charge is 2.08. The van der Waals surface area contributed by atoms with Gasteiger partial charge in [0.1, 0.15) is 0 Å². The van der Waals surface area contributed by atoms with E-state index in [1.807, 2.05) is 0 Å². The topological polar surface area (TPSA) is 44.5 Å². The highest BCUT2D eigenvalue weighted by atomic mass is 19.1. The van der Waals surface area contributed by atoms with Crippen molar-refractivity contribution in [2.45, 2.75) is 6.42 Å². The third-order valence-electron chi connectivity index (χ3n) is 2.01. The lowest BCUT2D eigenvalue weighted by atomic mass is 10.1. The quantitative estimate of drug-likeness (QED) is 0.752. The van der Waals surface area contributed by atoms with Crippen LogP contribution in [0.25, 0.3) is 0 Å². The Morgan fingerprint density at radius 3 is 2.29 bits per heavy atom. The van der Waals surface area contributed by atoms with E-state index in [0.717, 1.165) is 5.56 Å². The number of alkyl halides is 1. The third kappa shape index (κ3) is 2.07. The fourth-order valence-electron chi connectivity index (χ4n) is 1.26. The van der Waals surface area contributed by atoms with E-state index >= 15 is 0 Å². The van der Waals surface area contributed by atoms with Crippen molar-refractivity contribution in [2.24, 2.45) is 0 Å². The van der Waals surface area contributed by atoms with E-state index in [2.05, 4.69) is 0 Å². The Morgan fingerprint density at radius 2 is 1.79 bits per heavy atom. The Kier molecular flexibility index (Phi) is 3.56. The van der Waals surface area contributed by atoms with E-state index in [-0.39, 0.29) is 0 Å². The molecule has 0 saturated heterocycles. The molecule has 78 valence electrons. The van der Waals surface area contributed by atoms with Crippen molar-refractivity contribution in [1.29, 1.82) is 0 Å². The fraction of sp³-hybridized carbons (Fsp3) is 0.400. The molecule has 1 aromatic carbocycles. The van der Waals surface area contributed by atoms with Gasteiger partial charge in [0.15, 0.2) is 11.5 Å². The highest BCUT2D eigenvalue weighted by molar-refractivity contribution is 5.58. The van der Waals surface area contributed by atoms with E-state index in [9.17, 15) is 4.39 Å². The van der Waals surface area contributed by atoms with E-state index in [0.29, 0.717) is 23.6 Å². The summed E-state index contributed by atoms with van der Waals surface area (Å²) < 4.78 is 22.3. The summed E-state index contributed by atoms with van der Waals surface area (Å²) in [6.45, 7) is -0.431. The Hall–Kier alpha value is -1.45. The number of benzene rings is 1. The Morgan fingerprint density at radius 1 is 1.21 bits per heavy atom. The van der Waals surface area contributed by atoms with Crippen molar-refractivity contribution in [1.82, 2.24) is 0 Å². The number of ether oxygens (including phenoxy) is 2. The van der Waals surface area contributed by atoms with Gasteiger partial charge in [-0.1, -0.05) is 0 Å². The SMILES string of the molecule is COc1cc(N)c(CCF)cc1OC. The first-order valence-corrected chi connectivity index (χ1v) is 4.29. The molecule has 0 aliphatic heterocycles. The lowest BCUT2D eigenvalue weighted by Gasteiger charge is -2.11. The van der Waals surface area contributed by atoms with E-state index in [1.54, 1.807) is 12.1 Å². The molecule has 0 unspecified atom stereocenters. The van der Waals surface area contributed by atoms with Crippen molar-refractivity contribution >= 4 is 5.69 Å². The average Bonchev–Trinajstić information content (AvgIpc) is 2.20. The summed E-state index contributed by atoms with van der Waals surface area (Å²) in [4.78, 5) is 0. The maximum absolute atomic E-state index is 12.1. The molecule has 0 aromatic heterocycles. The molecule has 4 heteroatoms. The number of anilines is 1. The molecule has 2 N–H and O–H groups in total. The van der Waals surface area contributed by atoms with Gasteiger partial charge in [-0.05, 0) is 11.6 Å². The van der Waals surface area contributed by atoms with Crippen LogP contribution in [0, 0.1) is 0 Å². The van der Waals surface area contributed by atoms with Crippen molar-refractivity contribution < 1.29 is 13.9 Å². The summed E-state index contributed by atoms with van der Waals surface area (Å²) in [5.41, 5.74) is 6.97. The number of aryl methyl sites for hydroxylation is 1. The van der Waals surface area contributed by atoms with Crippen LogP contribution < -0.4 is 15.2 Å². The smallest absolute Gasteiger partial charge is 0.162 e.